The van der Waals surface area contributed by atoms with E-state index in [0.717, 1.165) is 18.2 Å². The molecule has 0 spiro atoms. The van der Waals surface area contributed by atoms with Crippen molar-refractivity contribution in [2.45, 2.75) is 50.9 Å². The summed E-state index contributed by atoms with van der Waals surface area (Å²) in [6.07, 6.45) is -1.65. The molecular formula is C19H23F3N2O4. The summed E-state index contributed by atoms with van der Waals surface area (Å²) >= 11 is 0. The molecule has 0 saturated carbocycles. The van der Waals surface area contributed by atoms with Crippen LogP contribution in [0.4, 0.5) is 13.2 Å². The summed E-state index contributed by atoms with van der Waals surface area (Å²) in [7, 11) is 0. The first-order chi connectivity index (χ1) is 13.2. The average Bonchev–Trinajstić information content (AvgIpc) is 2.66. The van der Waals surface area contributed by atoms with Gasteiger partial charge in [0.15, 0.2) is 11.8 Å². The number of nitrogens with zero attached hydrogens (tertiary/aromatic N) is 2. The van der Waals surface area contributed by atoms with Gasteiger partial charge in [0.05, 0.1) is 19.0 Å². The van der Waals surface area contributed by atoms with Crippen molar-refractivity contribution in [2.75, 3.05) is 6.61 Å². The van der Waals surface area contributed by atoms with Crippen LogP contribution < -0.4 is 4.74 Å². The summed E-state index contributed by atoms with van der Waals surface area (Å²) in [5.74, 6) is -0.426. The van der Waals surface area contributed by atoms with Gasteiger partial charge in [0.1, 0.15) is 18.3 Å². The Morgan fingerprint density at radius 3 is 2.68 bits per heavy atom. The van der Waals surface area contributed by atoms with E-state index in [1.165, 1.54) is 0 Å². The molecule has 9 heteroatoms. The molecule has 0 aromatic carbocycles. The Kier molecular flexibility index (Phi) is 7.34. The molecule has 2 rings (SSSR count). The monoisotopic (exact) mass is 400 g/mol. The van der Waals surface area contributed by atoms with Crippen LogP contribution in [0.15, 0.2) is 48.3 Å². The maximum atomic E-state index is 12.8. The van der Waals surface area contributed by atoms with Crippen LogP contribution in [-0.4, -0.2) is 51.2 Å². The molecule has 1 fully saturated rings. The number of aliphatic hydroxyl groups is 2. The highest BCUT2D eigenvalue weighted by molar-refractivity contribution is 5.26. The minimum absolute atomic E-state index is 0.142. The second-order valence-electron chi connectivity index (χ2n) is 6.34. The predicted molar refractivity (Wildman–Crippen MR) is 95.5 cm³/mol. The number of alkyl halides is 3. The predicted octanol–water partition coefficient (Wildman–Crippen LogP) is 2.83. The van der Waals surface area contributed by atoms with E-state index >= 15 is 0 Å². The normalized spacial score (nSPS) is 26.8. The van der Waals surface area contributed by atoms with E-state index in [0.29, 0.717) is 11.8 Å². The fourth-order valence-corrected chi connectivity index (χ4v) is 2.66. The molecule has 1 saturated heterocycles. The van der Waals surface area contributed by atoms with Crippen LogP contribution >= 0.6 is 0 Å². The topological polar surface area (TPSA) is 84.7 Å². The van der Waals surface area contributed by atoms with Gasteiger partial charge in [0.2, 0.25) is 5.88 Å². The van der Waals surface area contributed by atoms with E-state index in [4.69, 9.17) is 9.47 Å². The third kappa shape index (κ3) is 5.40. The maximum absolute atomic E-state index is 12.8. The van der Waals surface area contributed by atoms with Crippen LogP contribution in [0.1, 0.15) is 26.0 Å². The molecule has 4 atom stereocenters. The fraction of sp³-hybridized carbons (Fsp3) is 0.474. The van der Waals surface area contributed by atoms with Crippen LogP contribution in [0.25, 0.3) is 0 Å². The van der Waals surface area contributed by atoms with E-state index in [1.807, 2.05) is 13.0 Å². The molecular weight excluding hydrogens is 377 g/mol. The van der Waals surface area contributed by atoms with Gasteiger partial charge in [0.25, 0.3) is 0 Å². The quantitative estimate of drug-likeness (QED) is 0.715. The molecule has 0 radical (unpaired) electrons. The van der Waals surface area contributed by atoms with Gasteiger partial charge in [-0.15, -0.1) is 0 Å². The third-order valence-electron chi connectivity index (χ3n) is 4.31. The van der Waals surface area contributed by atoms with E-state index in [1.54, 1.807) is 19.1 Å². The summed E-state index contributed by atoms with van der Waals surface area (Å²) in [5.41, 5.74) is 0.405. The number of allylic oxidation sites excluding steroid dienone is 4. The van der Waals surface area contributed by atoms with Gasteiger partial charge in [0, 0.05) is 0 Å². The lowest BCUT2D eigenvalue weighted by Gasteiger charge is -2.38. The van der Waals surface area contributed by atoms with Crippen molar-refractivity contribution < 1.29 is 32.9 Å². The number of rotatable bonds is 6. The first-order valence-corrected chi connectivity index (χ1v) is 8.70. The molecule has 154 valence electrons. The zero-order valence-corrected chi connectivity index (χ0v) is 15.6. The third-order valence-corrected chi connectivity index (χ3v) is 4.31. The lowest BCUT2D eigenvalue weighted by Crippen LogP contribution is -2.56. The second kappa shape index (κ2) is 9.31. The van der Waals surface area contributed by atoms with Crippen molar-refractivity contribution in [1.29, 1.82) is 0 Å². The summed E-state index contributed by atoms with van der Waals surface area (Å²) in [5, 5.41) is 20.2. The van der Waals surface area contributed by atoms with Gasteiger partial charge in [-0.25, -0.2) is 4.98 Å². The molecule has 1 aromatic rings. The van der Waals surface area contributed by atoms with Crippen molar-refractivity contribution in [3.8, 4) is 5.88 Å². The molecule has 1 aliphatic rings. The molecule has 28 heavy (non-hydrogen) atoms. The first-order valence-electron chi connectivity index (χ1n) is 8.70. The molecule has 1 aliphatic heterocycles. The summed E-state index contributed by atoms with van der Waals surface area (Å²) in [4.78, 5) is 6.87. The molecule has 0 aliphatic carbocycles. The minimum atomic E-state index is -4.69. The number of aromatic nitrogens is 2. The molecule has 2 N–H and O–H groups in total. The van der Waals surface area contributed by atoms with Gasteiger partial charge in [-0.1, -0.05) is 31.7 Å². The molecule has 0 amide bonds. The van der Waals surface area contributed by atoms with E-state index < -0.39 is 42.2 Å². The van der Waals surface area contributed by atoms with Crippen LogP contribution in [-0.2, 0) is 10.9 Å². The number of hydrogen-bond donors (Lipinski definition) is 2. The Morgan fingerprint density at radius 1 is 1.36 bits per heavy atom. The van der Waals surface area contributed by atoms with Gasteiger partial charge >= 0.3 is 6.18 Å². The van der Waals surface area contributed by atoms with Crippen molar-refractivity contribution in [1.82, 2.24) is 9.97 Å². The summed E-state index contributed by atoms with van der Waals surface area (Å²) in [6, 6.07) is 0. The van der Waals surface area contributed by atoms with Gasteiger partial charge < -0.3 is 19.7 Å². The van der Waals surface area contributed by atoms with Crippen LogP contribution in [0.2, 0.25) is 0 Å². The van der Waals surface area contributed by atoms with E-state index in [9.17, 15) is 23.4 Å². The second-order valence-corrected chi connectivity index (χ2v) is 6.34. The Bertz CT molecular complexity index is 749. The Morgan fingerprint density at radius 2 is 2.07 bits per heavy atom. The minimum Gasteiger partial charge on any atom is -0.467 e. The lowest BCUT2D eigenvalue weighted by molar-refractivity contribution is -0.169. The zero-order chi connectivity index (χ0) is 20.9. The van der Waals surface area contributed by atoms with Crippen molar-refractivity contribution in [3.05, 3.63) is 54.0 Å². The van der Waals surface area contributed by atoms with Crippen molar-refractivity contribution in [3.63, 3.8) is 0 Å². The Labute approximate surface area is 161 Å². The van der Waals surface area contributed by atoms with Crippen LogP contribution in [0, 0.1) is 0 Å². The summed E-state index contributed by atoms with van der Waals surface area (Å²) < 4.78 is 49.6. The van der Waals surface area contributed by atoms with Crippen LogP contribution in [0.3, 0.4) is 0 Å². The lowest BCUT2D eigenvalue weighted by atomic mass is 9.94. The highest BCUT2D eigenvalue weighted by Gasteiger charge is 2.42. The smallest absolute Gasteiger partial charge is 0.435 e. The number of aliphatic hydroxyl groups excluding tert-OH is 2. The number of ether oxygens (including phenoxy) is 2. The Hall–Kier alpha value is -2.23. The molecule has 0 bridgehead atoms. The van der Waals surface area contributed by atoms with Gasteiger partial charge in [-0.3, -0.25) is 4.98 Å². The maximum Gasteiger partial charge on any atom is 0.435 e. The largest absolute Gasteiger partial charge is 0.467 e. The van der Waals surface area contributed by atoms with Gasteiger partial charge in [-0.2, -0.15) is 13.2 Å². The molecule has 2 heterocycles. The average molecular weight is 400 g/mol. The Balaban J connectivity index is 2.30. The highest BCUT2D eigenvalue weighted by atomic mass is 19.4. The summed E-state index contributed by atoms with van der Waals surface area (Å²) in [6.45, 7) is 7.26. The molecule has 1 aromatic heterocycles. The van der Waals surface area contributed by atoms with E-state index in [2.05, 4.69) is 16.5 Å². The fourth-order valence-electron chi connectivity index (χ4n) is 2.66. The number of hydrogen-bond acceptors (Lipinski definition) is 6. The zero-order valence-electron chi connectivity index (χ0n) is 15.6. The van der Waals surface area contributed by atoms with Crippen molar-refractivity contribution >= 4 is 0 Å². The first kappa shape index (κ1) is 22.1. The molecule has 6 nitrogen and oxygen atoms in total. The van der Waals surface area contributed by atoms with E-state index in [-0.39, 0.29) is 6.61 Å². The van der Waals surface area contributed by atoms with Crippen LogP contribution in [0.5, 0.6) is 5.88 Å². The number of halogens is 3. The van der Waals surface area contributed by atoms with Crippen molar-refractivity contribution in [2.24, 2.45) is 0 Å². The SMILES string of the molecule is C=C/C(=C\C=C(/C)C1OCC(O)C(O)C1Oc1cncc(C(F)(F)F)n1)CC. The molecule has 4 unspecified atom stereocenters. The highest BCUT2D eigenvalue weighted by Crippen LogP contribution is 2.30. The van der Waals surface area contributed by atoms with Gasteiger partial charge in [-0.05, 0) is 24.5 Å². The standard InChI is InChI=1S/C19H23F3N2O4/c1-4-12(5-2)7-6-11(3)17-18(16(26)13(25)10-27-17)28-15-9-23-8-14(24-15)19(20,21)22/h4,6-9,13,16-18,25-26H,1,5,10H2,2-3H3/b11-6+,12-7+.